The van der Waals surface area contributed by atoms with Gasteiger partial charge in [-0.1, -0.05) is 20.8 Å². The van der Waals surface area contributed by atoms with Gasteiger partial charge in [-0.15, -0.1) is 0 Å². The molecule has 5 nitrogen and oxygen atoms in total. The number of hydrogen-bond donors (Lipinski definition) is 2. The van der Waals surface area contributed by atoms with Crippen LogP contribution in [-0.2, 0) is 14.4 Å². The predicted molar refractivity (Wildman–Crippen MR) is 78.8 cm³/mol. The minimum Gasteiger partial charge on any atom is -0.355 e. The molecule has 0 heterocycles. The topological polar surface area (TPSA) is 89.3 Å². The van der Waals surface area contributed by atoms with Crippen LogP contribution in [0.3, 0.4) is 0 Å². The van der Waals surface area contributed by atoms with Gasteiger partial charge < -0.3 is 11.1 Å². The van der Waals surface area contributed by atoms with Gasteiger partial charge >= 0.3 is 0 Å². The number of carbonyl (C=O) groups excluding carboxylic acids is 3. The van der Waals surface area contributed by atoms with Gasteiger partial charge in [0.15, 0.2) is 11.6 Å². The highest BCUT2D eigenvalue weighted by Gasteiger charge is 1.94. The molecule has 0 radical (unpaired) electrons. The summed E-state index contributed by atoms with van der Waals surface area (Å²) in [5, 5.41) is 2.67. The average Bonchev–Trinajstić information content (AvgIpc) is 2.37. The lowest BCUT2D eigenvalue weighted by molar-refractivity contribution is -0.121. The third-order valence-electron chi connectivity index (χ3n) is 1.50. The van der Waals surface area contributed by atoms with Crippen molar-refractivity contribution in [3.05, 3.63) is 12.2 Å². The molecule has 0 saturated heterocycles. The molecule has 0 aromatic heterocycles. The Morgan fingerprint density at radius 1 is 1.05 bits per heavy atom. The summed E-state index contributed by atoms with van der Waals surface area (Å²) in [5.41, 5.74) is 5.16. The molecule has 0 bridgehead atoms. The average molecular weight is 272 g/mol. The first kappa shape index (κ1) is 22.7. The molecule has 0 fully saturated rings. The fraction of sp³-hybridized carbons (Fsp3) is 0.643. The Labute approximate surface area is 116 Å². The van der Waals surface area contributed by atoms with Gasteiger partial charge in [-0.25, -0.2) is 0 Å². The molecule has 0 aliphatic carbocycles. The molecule has 0 aromatic rings. The van der Waals surface area contributed by atoms with Gasteiger partial charge in [0.25, 0.3) is 0 Å². The maximum Gasteiger partial charge on any atom is 0.220 e. The lowest BCUT2D eigenvalue weighted by Crippen LogP contribution is -2.28. The molecule has 0 rings (SSSR count). The first-order valence-corrected chi connectivity index (χ1v) is 6.60. The summed E-state index contributed by atoms with van der Waals surface area (Å²) in [6, 6.07) is 0. The number of nitrogens with one attached hydrogen (secondary N) is 1. The minimum atomic E-state index is -0.0970. The number of carbonyl (C=O) groups is 3. The van der Waals surface area contributed by atoms with E-state index >= 15 is 0 Å². The zero-order chi connectivity index (χ0) is 15.7. The van der Waals surface area contributed by atoms with E-state index in [0.717, 1.165) is 6.42 Å². The Morgan fingerprint density at radius 3 is 1.74 bits per heavy atom. The summed E-state index contributed by atoms with van der Waals surface area (Å²) in [7, 11) is 0. The summed E-state index contributed by atoms with van der Waals surface area (Å²) in [4.78, 5) is 30.9. The number of amides is 1. The second kappa shape index (κ2) is 18.9. The summed E-state index contributed by atoms with van der Waals surface area (Å²) >= 11 is 0. The predicted octanol–water partition coefficient (Wildman–Crippen LogP) is 1.61. The van der Waals surface area contributed by atoms with E-state index in [2.05, 4.69) is 5.32 Å². The molecule has 0 saturated carbocycles. The zero-order valence-corrected chi connectivity index (χ0v) is 12.8. The van der Waals surface area contributed by atoms with Crippen molar-refractivity contribution in [3.63, 3.8) is 0 Å². The van der Waals surface area contributed by atoms with E-state index in [4.69, 9.17) is 5.73 Å². The van der Waals surface area contributed by atoms with Crippen molar-refractivity contribution in [1.29, 1.82) is 0 Å². The van der Waals surface area contributed by atoms with E-state index in [1.807, 2.05) is 20.8 Å². The number of hydrogen-bond acceptors (Lipinski definition) is 4. The van der Waals surface area contributed by atoms with Crippen LogP contribution in [0.1, 0.15) is 47.5 Å². The summed E-state index contributed by atoms with van der Waals surface area (Å²) in [6.45, 7) is 9.90. The van der Waals surface area contributed by atoms with E-state index < -0.39 is 0 Å². The van der Waals surface area contributed by atoms with E-state index in [0.29, 0.717) is 19.5 Å². The Kier molecular flexibility index (Phi) is 22.5. The maximum atomic E-state index is 10.6. The van der Waals surface area contributed by atoms with Crippen LogP contribution in [-0.4, -0.2) is 30.6 Å². The Balaban J connectivity index is -0.000000239. The second-order valence-corrected chi connectivity index (χ2v) is 3.44. The molecular weight excluding hydrogens is 244 g/mol. The molecular formula is C14H28N2O3. The number of ketones is 2. The van der Waals surface area contributed by atoms with Gasteiger partial charge in [-0.2, -0.15) is 0 Å². The second-order valence-electron chi connectivity index (χ2n) is 3.44. The molecule has 0 aliphatic rings. The first-order valence-electron chi connectivity index (χ1n) is 6.60. The van der Waals surface area contributed by atoms with E-state index in [-0.39, 0.29) is 17.5 Å². The van der Waals surface area contributed by atoms with Crippen LogP contribution < -0.4 is 11.1 Å². The molecule has 0 aliphatic heterocycles. The van der Waals surface area contributed by atoms with Crippen LogP contribution in [0.15, 0.2) is 12.2 Å². The van der Waals surface area contributed by atoms with Gasteiger partial charge in [0.2, 0.25) is 5.91 Å². The molecule has 19 heavy (non-hydrogen) atoms. The fourth-order valence-electron chi connectivity index (χ4n) is 0.762. The van der Waals surface area contributed by atoms with Crippen molar-refractivity contribution in [2.45, 2.75) is 47.5 Å². The standard InChI is InChI=1S/C6H14N2O.C6H8O2.C2H6/c1-2-3-6(9)8-5-4-7;1-5(7)3-4-6(2)8;1-2/h2-5,7H2,1H3,(H,8,9);3-4H,1-2H3;1-2H3/b;4-3-;. The van der Waals surface area contributed by atoms with Crippen molar-refractivity contribution in [3.8, 4) is 0 Å². The van der Waals surface area contributed by atoms with Crippen LogP contribution in [0.25, 0.3) is 0 Å². The lowest BCUT2D eigenvalue weighted by Gasteiger charge is -1.99. The molecule has 0 atom stereocenters. The normalized spacial score (nSPS) is 8.74. The Bertz CT molecular complexity index is 258. The van der Waals surface area contributed by atoms with Crippen LogP contribution in [0.2, 0.25) is 0 Å². The van der Waals surface area contributed by atoms with Crippen LogP contribution in [0, 0.1) is 0 Å². The third-order valence-corrected chi connectivity index (χ3v) is 1.50. The first-order chi connectivity index (χ1) is 8.93. The number of nitrogens with two attached hydrogens (primary N) is 1. The van der Waals surface area contributed by atoms with Crippen molar-refractivity contribution >= 4 is 17.5 Å². The fourth-order valence-corrected chi connectivity index (χ4v) is 0.762. The quantitative estimate of drug-likeness (QED) is 0.719. The molecule has 0 spiro atoms. The summed E-state index contributed by atoms with van der Waals surface area (Å²) in [5.74, 6) is -0.0941. The smallest absolute Gasteiger partial charge is 0.220 e. The van der Waals surface area contributed by atoms with E-state index in [1.54, 1.807) is 0 Å². The largest absolute Gasteiger partial charge is 0.355 e. The van der Waals surface area contributed by atoms with Crippen molar-refractivity contribution in [1.82, 2.24) is 5.32 Å². The summed E-state index contributed by atoms with van der Waals surface area (Å²) < 4.78 is 0. The lowest BCUT2D eigenvalue weighted by atomic mass is 10.3. The molecule has 5 heteroatoms. The van der Waals surface area contributed by atoms with Crippen molar-refractivity contribution < 1.29 is 14.4 Å². The SMILES string of the molecule is CC.CC(=O)/C=C\C(C)=O.CCCC(=O)NCCN. The highest BCUT2D eigenvalue weighted by atomic mass is 16.1. The zero-order valence-electron chi connectivity index (χ0n) is 12.8. The summed E-state index contributed by atoms with van der Waals surface area (Å²) in [6.07, 6.45) is 4.01. The maximum absolute atomic E-state index is 10.6. The minimum absolute atomic E-state index is 0.0970. The van der Waals surface area contributed by atoms with Gasteiger partial charge in [0.1, 0.15) is 0 Å². The van der Waals surface area contributed by atoms with Gasteiger partial charge in [-0.3, -0.25) is 14.4 Å². The van der Waals surface area contributed by atoms with Gasteiger partial charge in [-0.05, 0) is 32.4 Å². The molecule has 112 valence electrons. The van der Waals surface area contributed by atoms with Crippen LogP contribution in [0.5, 0.6) is 0 Å². The number of allylic oxidation sites excluding steroid dienone is 2. The van der Waals surface area contributed by atoms with E-state index in [1.165, 1.54) is 26.0 Å². The number of rotatable bonds is 6. The van der Waals surface area contributed by atoms with Crippen LogP contribution in [0.4, 0.5) is 0 Å². The third kappa shape index (κ3) is 31.5. The molecule has 0 unspecified atom stereocenters. The van der Waals surface area contributed by atoms with Crippen molar-refractivity contribution in [2.75, 3.05) is 13.1 Å². The van der Waals surface area contributed by atoms with Crippen LogP contribution >= 0.6 is 0 Å². The Hall–Kier alpha value is -1.49. The van der Waals surface area contributed by atoms with Crippen molar-refractivity contribution in [2.24, 2.45) is 5.73 Å². The molecule has 0 aromatic carbocycles. The monoisotopic (exact) mass is 272 g/mol. The van der Waals surface area contributed by atoms with E-state index in [9.17, 15) is 14.4 Å². The van der Waals surface area contributed by atoms with Gasteiger partial charge in [0.05, 0.1) is 0 Å². The Morgan fingerprint density at radius 2 is 1.47 bits per heavy atom. The highest BCUT2D eigenvalue weighted by molar-refractivity contribution is 5.96. The molecule has 3 N–H and O–H groups in total. The molecule has 1 amide bonds. The van der Waals surface area contributed by atoms with Gasteiger partial charge in [0, 0.05) is 19.5 Å². The highest BCUT2D eigenvalue weighted by Crippen LogP contribution is 1.83.